The van der Waals surface area contributed by atoms with Crippen LogP contribution in [0.4, 0.5) is 17.1 Å². The van der Waals surface area contributed by atoms with Crippen LogP contribution in [0.25, 0.3) is 0 Å². The lowest BCUT2D eigenvalue weighted by Gasteiger charge is -2.43. The molecule has 2 amide bonds. The summed E-state index contributed by atoms with van der Waals surface area (Å²) in [7, 11) is 3.94. The minimum absolute atomic E-state index is 0.0588. The predicted octanol–water partition coefficient (Wildman–Crippen LogP) is 6.70. The Kier molecular flexibility index (Phi) is 7.01. The zero-order valence-electron chi connectivity index (χ0n) is 19.6. The van der Waals surface area contributed by atoms with Crippen molar-refractivity contribution in [3.63, 3.8) is 0 Å². The maximum absolute atomic E-state index is 13.7. The lowest BCUT2D eigenvalue weighted by Crippen LogP contribution is -2.47. The topological polar surface area (TPSA) is 43.9 Å². The molecule has 1 aliphatic rings. The molecule has 0 aromatic heterocycles. The van der Waals surface area contributed by atoms with Crippen LogP contribution < -0.4 is 14.7 Å². The van der Waals surface area contributed by atoms with Crippen molar-refractivity contribution in [2.24, 2.45) is 0 Å². The molecule has 7 heteroatoms. The lowest BCUT2D eigenvalue weighted by atomic mass is 9.89. The van der Waals surface area contributed by atoms with E-state index in [1.807, 2.05) is 85.4 Å². The van der Waals surface area contributed by atoms with Crippen molar-refractivity contribution in [1.82, 2.24) is 0 Å². The fraction of sp³-hybridized carbons (Fsp3) is 0.259. The normalized spacial score (nSPS) is 17.2. The van der Waals surface area contributed by atoms with Crippen molar-refractivity contribution in [2.75, 3.05) is 28.8 Å². The molecule has 0 spiro atoms. The van der Waals surface area contributed by atoms with Crippen molar-refractivity contribution in [1.29, 1.82) is 0 Å². The van der Waals surface area contributed by atoms with E-state index >= 15 is 0 Å². The van der Waals surface area contributed by atoms with Crippen molar-refractivity contribution >= 4 is 56.4 Å². The number of hydrogen-bond donors (Lipinski definition) is 0. The summed E-state index contributed by atoms with van der Waals surface area (Å²) in [5.41, 5.74) is 4.18. The van der Waals surface area contributed by atoms with Crippen LogP contribution in [0.5, 0.6) is 0 Å². The van der Waals surface area contributed by atoms with Gasteiger partial charge in [-0.3, -0.25) is 9.59 Å². The number of hydrogen-bond acceptors (Lipinski definition) is 3. The average molecular weight is 541 g/mol. The number of fused-ring (bicyclic) bond motifs is 1. The van der Waals surface area contributed by atoms with Crippen LogP contribution in [-0.4, -0.2) is 32.0 Å². The van der Waals surface area contributed by atoms with Crippen molar-refractivity contribution in [3.8, 4) is 0 Å². The van der Waals surface area contributed by atoms with Crippen molar-refractivity contribution < 1.29 is 9.59 Å². The number of halogens is 2. The molecule has 3 aromatic rings. The van der Waals surface area contributed by atoms with E-state index < -0.39 is 0 Å². The third-order valence-corrected chi connectivity index (χ3v) is 6.97. The Morgan fingerprint density at radius 3 is 2.18 bits per heavy atom. The smallest absolute Gasteiger partial charge is 0.258 e. The molecular weight excluding hydrogens is 514 g/mol. The number of rotatable bonds is 4. The first-order chi connectivity index (χ1) is 16.2. The summed E-state index contributed by atoms with van der Waals surface area (Å²) < 4.78 is 0.876. The van der Waals surface area contributed by atoms with Gasteiger partial charge in [0.25, 0.3) is 5.91 Å². The van der Waals surface area contributed by atoms with E-state index in [9.17, 15) is 9.59 Å². The molecule has 176 valence electrons. The third-order valence-electron chi connectivity index (χ3n) is 6.22. The van der Waals surface area contributed by atoms with Crippen LogP contribution in [0.3, 0.4) is 0 Å². The molecule has 0 saturated heterocycles. The zero-order chi connectivity index (χ0) is 24.6. The van der Waals surface area contributed by atoms with E-state index in [1.54, 1.807) is 24.0 Å². The van der Waals surface area contributed by atoms with Crippen LogP contribution in [0.1, 0.15) is 42.2 Å². The molecule has 34 heavy (non-hydrogen) atoms. The van der Waals surface area contributed by atoms with Gasteiger partial charge in [-0.25, -0.2) is 0 Å². The Labute approximate surface area is 214 Å². The van der Waals surface area contributed by atoms with Gasteiger partial charge in [0.05, 0.1) is 11.7 Å². The number of anilines is 3. The molecule has 5 nitrogen and oxygen atoms in total. The highest BCUT2D eigenvalue weighted by atomic mass is 79.9. The van der Waals surface area contributed by atoms with Gasteiger partial charge in [-0.05, 0) is 79.6 Å². The minimum Gasteiger partial charge on any atom is -0.378 e. The van der Waals surface area contributed by atoms with Gasteiger partial charge in [-0.15, -0.1) is 0 Å². The molecule has 3 aromatic carbocycles. The second-order valence-corrected chi connectivity index (χ2v) is 10.1. The fourth-order valence-corrected chi connectivity index (χ4v) is 5.05. The van der Waals surface area contributed by atoms with Gasteiger partial charge in [0.2, 0.25) is 5.91 Å². The molecule has 0 saturated carbocycles. The second kappa shape index (κ2) is 9.80. The summed E-state index contributed by atoms with van der Waals surface area (Å²) in [6, 6.07) is 20.5. The first-order valence-corrected chi connectivity index (χ1v) is 12.3. The average Bonchev–Trinajstić information content (AvgIpc) is 2.80. The van der Waals surface area contributed by atoms with Gasteiger partial charge in [0, 0.05) is 53.5 Å². The van der Waals surface area contributed by atoms with Gasteiger partial charge in [-0.1, -0.05) is 33.6 Å². The van der Waals surface area contributed by atoms with Gasteiger partial charge in [0.15, 0.2) is 0 Å². The van der Waals surface area contributed by atoms with Gasteiger partial charge >= 0.3 is 0 Å². The summed E-state index contributed by atoms with van der Waals surface area (Å²) in [6.07, 6.45) is 0.609. The summed E-state index contributed by atoms with van der Waals surface area (Å²) in [6.45, 7) is 3.60. The molecule has 0 fully saturated rings. The standard InChI is InChI=1S/C27H27BrClN3O2/c1-17-15-25(32(18(2)33)23-12-8-21(29)9-13-23)24-14-7-20(28)16-26(24)31(17)27(34)19-5-10-22(11-6-19)30(3)4/h5-14,16-17,25H,15H2,1-4H3/t17-,25+/m1/s1. The molecule has 0 aliphatic carbocycles. The van der Waals surface area contributed by atoms with Crippen LogP contribution in [0, 0.1) is 0 Å². The highest BCUT2D eigenvalue weighted by molar-refractivity contribution is 9.10. The molecule has 0 unspecified atom stereocenters. The number of carbonyl (C=O) groups is 2. The summed E-state index contributed by atoms with van der Waals surface area (Å²) in [5.74, 6) is -0.121. The van der Waals surface area contributed by atoms with E-state index in [-0.39, 0.29) is 23.9 Å². The molecule has 1 heterocycles. The molecule has 0 radical (unpaired) electrons. The van der Waals surface area contributed by atoms with Gasteiger partial charge in [0.1, 0.15) is 0 Å². The van der Waals surface area contributed by atoms with E-state index in [0.29, 0.717) is 17.0 Å². The Morgan fingerprint density at radius 1 is 0.971 bits per heavy atom. The summed E-state index contributed by atoms with van der Waals surface area (Å²) in [5, 5.41) is 0.616. The molecule has 0 N–H and O–H groups in total. The molecular formula is C27H27BrClN3O2. The van der Waals surface area contributed by atoms with Gasteiger partial charge < -0.3 is 14.7 Å². The monoisotopic (exact) mass is 539 g/mol. The maximum Gasteiger partial charge on any atom is 0.258 e. The Bertz CT molecular complexity index is 1210. The molecule has 1 aliphatic heterocycles. The summed E-state index contributed by atoms with van der Waals surface area (Å²) >= 11 is 9.66. The minimum atomic E-state index is -0.211. The third kappa shape index (κ3) is 4.70. The van der Waals surface area contributed by atoms with Gasteiger partial charge in [-0.2, -0.15) is 0 Å². The van der Waals surface area contributed by atoms with Crippen LogP contribution >= 0.6 is 27.5 Å². The Morgan fingerprint density at radius 2 is 1.59 bits per heavy atom. The molecule has 2 atom stereocenters. The van der Waals surface area contributed by atoms with E-state index in [2.05, 4.69) is 15.9 Å². The first-order valence-electron chi connectivity index (χ1n) is 11.1. The lowest BCUT2D eigenvalue weighted by molar-refractivity contribution is -0.117. The quantitative estimate of drug-likeness (QED) is 0.370. The number of nitrogens with zero attached hydrogens (tertiary/aromatic N) is 3. The zero-order valence-corrected chi connectivity index (χ0v) is 22.0. The van der Waals surface area contributed by atoms with Crippen LogP contribution in [0.15, 0.2) is 71.2 Å². The van der Waals surface area contributed by atoms with Crippen molar-refractivity contribution in [2.45, 2.75) is 32.4 Å². The van der Waals surface area contributed by atoms with Crippen molar-refractivity contribution in [3.05, 3.63) is 87.4 Å². The van der Waals surface area contributed by atoms with Crippen LogP contribution in [0.2, 0.25) is 5.02 Å². The highest BCUT2D eigenvalue weighted by Gasteiger charge is 2.38. The summed E-state index contributed by atoms with van der Waals surface area (Å²) in [4.78, 5) is 32.2. The predicted molar refractivity (Wildman–Crippen MR) is 143 cm³/mol. The Hall–Kier alpha value is -2.83. The maximum atomic E-state index is 13.7. The molecule has 4 rings (SSSR count). The fourth-order valence-electron chi connectivity index (χ4n) is 4.58. The number of benzene rings is 3. The van der Waals surface area contributed by atoms with E-state index in [1.165, 1.54) is 0 Å². The number of carbonyl (C=O) groups excluding carboxylic acids is 2. The van der Waals surface area contributed by atoms with Crippen LogP contribution in [-0.2, 0) is 4.79 Å². The number of amides is 2. The SMILES string of the molecule is CC(=O)N(c1ccc(Cl)cc1)[C@H]1C[C@@H](C)N(C(=O)c2ccc(N(C)C)cc2)c2cc(Br)ccc21. The first kappa shape index (κ1) is 24.3. The highest BCUT2D eigenvalue weighted by Crippen LogP contribution is 2.44. The molecule has 0 bridgehead atoms. The largest absolute Gasteiger partial charge is 0.378 e. The van der Waals surface area contributed by atoms with E-state index in [0.717, 1.165) is 27.1 Å². The van der Waals surface area contributed by atoms with E-state index in [4.69, 9.17) is 11.6 Å². The second-order valence-electron chi connectivity index (χ2n) is 8.79. The Balaban J connectivity index is 1.77.